The normalized spacial score (nSPS) is 29.6. The van der Waals surface area contributed by atoms with Crippen molar-refractivity contribution < 1.29 is 0 Å². The van der Waals surface area contributed by atoms with Crippen LogP contribution in [0.15, 0.2) is 0 Å². The molecule has 0 amide bonds. The van der Waals surface area contributed by atoms with Gasteiger partial charge in [0, 0.05) is 12.6 Å². The van der Waals surface area contributed by atoms with E-state index in [1.807, 2.05) is 0 Å². The lowest BCUT2D eigenvalue weighted by molar-refractivity contribution is 0.200. The molecule has 0 radical (unpaired) electrons. The van der Waals surface area contributed by atoms with Crippen molar-refractivity contribution in [3.63, 3.8) is 0 Å². The number of hydrogen-bond acceptors (Lipinski definition) is 3. The molecule has 2 fully saturated rings. The molecule has 0 bridgehead atoms. The molecule has 1 N–H and O–H groups in total. The van der Waals surface area contributed by atoms with Crippen LogP contribution in [-0.2, 0) is 0 Å². The molecular weight excluding hydrogens is 210 g/mol. The first-order valence-corrected chi connectivity index (χ1v) is 7.34. The Bertz CT molecular complexity index is 212. The Labute approximate surface area is 107 Å². The maximum absolute atomic E-state index is 3.76. The minimum atomic E-state index is 0.750. The van der Waals surface area contributed by atoms with Crippen LogP contribution in [0.4, 0.5) is 0 Å². The van der Waals surface area contributed by atoms with Crippen molar-refractivity contribution in [2.45, 2.75) is 38.1 Å². The van der Waals surface area contributed by atoms with E-state index in [9.17, 15) is 0 Å². The van der Waals surface area contributed by atoms with Crippen LogP contribution in [0.1, 0.15) is 32.1 Å². The zero-order chi connectivity index (χ0) is 12.1. The van der Waals surface area contributed by atoms with Gasteiger partial charge in [-0.1, -0.05) is 0 Å². The third-order valence-electron chi connectivity index (χ3n) is 4.45. The number of rotatable bonds is 4. The van der Waals surface area contributed by atoms with Gasteiger partial charge in [0.25, 0.3) is 0 Å². The van der Waals surface area contributed by atoms with Gasteiger partial charge in [0.05, 0.1) is 0 Å². The Kier molecular flexibility index (Phi) is 5.26. The molecular formula is C14H29N3. The standard InChI is InChI=1S/C14H29N3/c1-16-10-6-13(7-11-16)5-8-15-14-4-3-9-17(2)12-14/h13-15H,3-12H2,1-2H3. The predicted octanol–water partition coefficient (Wildman–Crippen LogP) is 1.40. The SMILES string of the molecule is CN1CCC(CCNC2CCCN(C)C2)CC1. The molecule has 2 aliphatic rings. The van der Waals surface area contributed by atoms with E-state index in [-0.39, 0.29) is 0 Å². The monoisotopic (exact) mass is 239 g/mol. The van der Waals surface area contributed by atoms with Crippen molar-refractivity contribution in [2.75, 3.05) is 46.8 Å². The molecule has 2 rings (SSSR count). The van der Waals surface area contributed by atoms with E-state index in [2.05, 4.69) is 29.2 Å². The van der Waals surface area contributed by atoms with E-state index < -0.39 is 0 Å². The van der Waals surface area contributed by atoms with Gasteiger partial charge in [-0.25, -0.2) is 0 Å². The molecule has 0 aromatic heterocycles. The van der Waals surface area contributed by atoms with E-state index in [4.69, 9.17) is 0 Å². The van der Waals surface area contributed by atoms with Gasteiger partial charge in [-0.15, -0.1) is 0 Å². The van der Waals surface area contributed by atoms with Crippen molar-refractivity contribution >= 4 is 0 Å². The molecule has 100 valence electrons. The number of hydrogen-bond donors (Lipinski definition) is 1. The number of nitrogens with one attached hydrogen (secondary N) is 1. The van der Waals surface area contributed by atoms with E-state index >= 15 is 0 Å². The van der Waals surface area contributed by atoms with Crippen LogP contribution in [0.5, 0.6) is 0 Å². The lowest BCUT2D eigenvalue weighted by Crippen LogP contribution is -2.44. The molecule has 1 unspecified atom stereocenters. The first-order valence-electron chi connectivity index (χ1n) is 7.34. The van der Waals surface area contributed by atoms with Gasteiger partial charge in [0.15, 0.2) is 0 Å². The second-order valence-electron chi connectivity index (χ2n) is 6.09. The molecule has 0 aliphatic carbocycles. The maximum Gasteiger partial charge on any atom is 0.0195 e. The topological polar surface area (TPSA) is 18.5 Å². The van der Waals surface area contributed by atoms with Crippen molar-refractivity contribution in [2.24, 2.45) is 5.92 Å². The van der Waals surface area contributed by atoms with Gasteiger partial charge in [-0.05, 0) is 78.3 Å². The van der Waals surface area contributed by atoms with Crippen molar-refractivity contribution in [3.05, 3.63) is 0 Å². The zero-order valence-electron chi connectivity index (χ0n) is 11.6. The molecule has 2 aliphatic heterocycles. The highest BCUT2D eigenvalue weighted by atomic mass is 15.1. The third kappa shape index (κ3) is 4.57. The summed E-state index contributed by atoms with van der Waals surface area (Å²) >= 11 is 0. The maximum atomic E-state index is 3.76. The van der Waals surface area contributed by atoms with Crippen molar-refractivity contribution in [1.29, 1.82) is 0 Å². The average molecular weight is 239 g/mol. The van der Waals surface area contributed by atoms with Crippen molar-refractivity contribution in [3.8, 4) is 0 Å². The van der Waals surface area contributed by atoms with Gasteiger partial charge < -0.3 is 15.1 Å². The highest BCUT2D eigenvalue weighted by Gasteiger charge is 2.18. The Morgan fingerprint density at radius 3 is 2.47 bits per heavy atom. The number of nitrogens with zero attached hydrogens (tertiary/aromatic N) is 2. The summed E-state index contributed by atoms with van der Waals surface area (Å²) in [7, 11) is 4.48. The van der Waals surface area contributed by atoms with Crippen LogP contribution >= 0.6 is 0 Å². The number of likely N-dealkylation sites (tertiary alicyclic amines) is 2. The lowest BCUT2D eigenvalue weighted by Gasteiger charge is -2.32. The summed E-state index contributed by atoms with van der Waals surface area (Å²) in [6.07, 6.45) is 6.93. The lowest BCUT2D eigenvalue weighted by atomic mass is 9.93. The number of likely N-dealkylation sites (N-methyl/N-ethyl adjacent to an activating group) is 1. The van der Waals surface area contributed by atoms with Crippen LogP contribution in [-0.4, -0.2) is 62.7 Å². The van der Waals surface area contributed by atoms with Crippen LogP contribution in [0.25, 0.3) is 0 Å². The summed E-state index contributed by atoms with van der Waals surface area (Å²) in [5, 5.41) is 3.76. The smallest absolute Gasteiger partial charge is 0.0195 e. The fourth-order valence-electron chi connectivity index (χ4n) is 3.18. The molecule has 2 heterocycles. The van der Waals surface area contributed by atoms with E-state index in [1.165, 1.54) is 64.8 Å². The number of piperidine rings is 2. The summed E-state index contributed by atoms with van der Waals surface area (Å²) in [4.78, 5) is 4.91. The molecule has 0 aromatic rings. The molecule has 1 atom stereocenters. The fourth-order valence-corrected chi connectivity index (χ4v) is 3.18. The highest BCUT2D eigenvalue weighted by Crippen LogP contribution is 2.19. The summed E-state index contributed by atoms with van der Waals surface area (Å²) in [6, 6.07) is 0.750. The minimum absolute atomic E-state index is 0.750. The molecule has 0 saturated carbocycles. The molecule has 0 spiro atoms. The molecule has 17 heavy (non-hydrogen) atoms. The first kappa shape index (κ1) is 13.3. The summed E-state index contributed by atoms with van der Waals surface area (Å²) < 4.78 is 0. The van der Waals surface area contributed by atoms with E-state index in [1.54, 1.807) is 0 Å². The molecule has 3 nitrogen and oxygen atoms in total. The summed E-state index contributed by atoms with van der Waals surface area (Å²) in [6.45, 7) is 6.36. The average Bonchev–Trinajstić information content (AvgIpc) is 2.32. The second kappa shape index (κ2) is 6.72. The van der Waals surface area contributed by atoms with Gasteiger partial charge in [0.1, 0.15) is 0 Å². The Morgan fingerprint density at radius 2 is 1.76 bits per heavy atom. The van der Waals surface area contributed by atoms with Crippen LogP contribution < -0.4 is 5.32 Å². The van der Waals surface area contributed by atoms with Crippen LogP contribution in [0.2, 0.25) is 0 Å². The quantitative estimate of drug-likeness (QED) is 0.800. The summed E-state index contributed by atoms with van der Waals surface area (Å²) in [5.74, 6) is 0.972. The van der Waals surface area contributed by atoms with Gasteiger partial charge in [-0.2, -0.15) is 0 Å². The third-order valence-corrected chi connectivity index (χ3v) is 4.45. The van der Waals surface area contributed by atoms with Crippen LogP contribution in [0, 0.1) is 5.92 Å². The molecule has 0 aromatic carbocycles. The van der Waals surface area contributed by atoms with E-state index in [0.29, 0.717) is 0 Å². The largest absolute Gasteiger partial charge is 0.313 e. The van der Waals surface area contributed by atoms with Gasteiger partial charge in [0.2, 0.25) is 0 Å². The minimum Gasteiger partial charge on any atom is -0.313 e. The van der Waals surface area contributed by atoms with Crippen LogP contribution in [0.3, 0.4) is 0 Å². The summed E-state index contributed by atoms with van der Waals surface area (Å²) in [5.41, 5.74) is 0. The first-order chi connectivity index (χ1) is 8.24. The molecule has 2 saturated heterocycles. The van der Waals surface area contributed by atoms with Gasteiger partial charge >= 0.3 is 0 Å². The van der Waals surface area contributed by atoms with Crippen molar-refractivity contribution in [1.82, 2.24) is 15.1 Å². The van der Waals surface area contributed by atoms with Gasteiger partial charge in [-0.3, -0.25) is 0 Å². The highest BCUT2D eigenvalue weighted by molar-refractivity contribution is 4.77. The van der Waals surface area contributed by atoms with E-state index in [0.717, 1.165) is 12.0 Å². The predicted molar refractivity (Wildman–Crippen MR) is 73.4 cm³/mol. The molecule has 3 heteroatoms. The fraction of sp³-hybridized carbons (Fsp3) is 1.00. The Morgan fingerprint density at radius 1 is 1.00 bits per heavy atom. The Hall–Kier alpha value is -0.120. The second-order valence-corrected chi connectivity index (χ2v) is 6.09. The zero-order valence-corrected chi connectivity index (χ0v) is 11.6. The Balaban J connectivity index is 1.56.